The second-order valence-electron chi connectivity index (χ2n) is 7.10. The number of methoxy groups -OCH3 is 1. The summed E-state index contributed by atoms with van der Waals surface area (Å²) in [4.78, 5) is 23.5. The maximum atomic E-state index is 12.7. The van der Waals surface area contributed by atoms with Crippen molar-refractivity contribution >= 4 is 5.91 Å². The van der Waals surface area contributed by atoms with Crippen LogP contribution in [-0.2, 0) is 29.0 Å². The Bertz CT molecular complexity index is 739. The highest BCUT2D eigenvalue weighted by Crippen LogP contribution is 2.34. The average molecular weight is 340 g/mol. The molecule has 0 radical (unpaired) electrons. The van der Waals surface area contributed by atoms with E-state index in [1.807, 2.05) is 29.4 Å². The van der Waals surface area contributed by atoms with Gasteiger partial charge in [-0.05, 0) is 30.9 Å². The van der Waals surface area contributed by atoms with Crippen LogP contribution in [0.5, 0.6) is 0 Å². The van der Waals surface area contributed by atoms with Crippen LogP contribution in [0.25, 0.3) is 0 Å². The molecule has 132 valence electrons. The Kier molecular flexibility index (Phi) is 4.53. The smallest absolute Gasteiger partial charge is 0.228 e. The minimum absolute atomic E-state index is 0.0993. The van der Waals surface area contributed by atoms with E-state index < -0.39 is 0 Å². The van der Waals surface area contributed by atoms with Crippen LogP contribution in [0.15, 0.2) is 30.7 Å². The van der Waals surface area contributed by atoms with Gasteiger partial charge in [-0.25, -0.2) is 4.98 Å². The van der Waals surface area contributed by atoms with Gasteiger partial charge < -0.3 is 14.2 Å². The van der Waals surface area contributed by atoms with Crippen molar-refractivity contribution in [3.63, 3.8) is 0 Å². The topological polar surface area (TPSA) is 60.2 Å². The third-order valence-electron chi connectivity index (χ3n) is 5.06. The van der Waals surface area contributed by atoms with E-state index in [0.29, 0.717) is 26.1 Å². The molecule has 3 heterocycles. The van der Waals surface area contributed by atoms with Crippen LogP contribution in [0.4, 0.5) is 0 Å². The number of carbonyl (C=O) groups is 1. The standard InChI is InChI=1S/C19H24N4O2/c1-25-12-15-10-22(18(24)8-16-4-2-3-7-20-16)11-17-19(15)23(13-21-17)9-14-5-6-14/h2-4,7,13-15H,5-6,8-12H2,1H3. The van der Waals surface area contributed by atoms with Crippen LogP contribution in [0.1, 0.15) is 35.8 Å². The number of aromatic nitrogens is 3. The molecule has 4 rings (SSSR count). The van der Waals surface area contributed by atoms with Crippen molar-refractivity contribution in [3.8, 4) is 0 Å². The van der Waals surface area contributed by atoms with Crippen molar-refractivity contribution in [2.45, 2.75) is 38.3 Å². The van der Waals surface area contributed by atoms with Gasteiger partial charge in [0, 0.05) is 43.7 Å². The van der Waals surface area contributed by atoms with Crippen LogP contribution in [0.2, 0.25) is 0 Å². The summed E-state index contributed by atoms with van der Waals surface area (Å²) >= 11 is 0. The molecule has 6 heteroatoms. The molecule has 1 atom stereocenters. The second-order valence-corrected chi connectivity index (χ2v) is 7.10. The largest absolute Gasteiger partial charge is 0.384 e. The van der Waals surface area contributed by atoms with E-state index in [1.54, 1.807) is 13.3 Å². The van der Waals surface area contributed by atoms with E-state index in [9.17, 15) is 4.79 Å². The fraction of sp³-hybridized carbons (Fsp3) is 0.526. The molecule has 1 saturated carbocycles. The summed E-state index contributed by atoms with van der Waals surface area (Å²) in [6, 6.07) is 5.67. The summed E-state index contributed by atoms with van der Waals surface area (Å²) in [5.41, 5.74) is 3.08. The first-order valence-electron chi connectivity index (χ1n) is 8.95. The molecule has 1 unspecified atom stereocenters. The van der Waals surface area contributed by atoms with Crippen LogP contribution in [0.3, 0.4) is 0 Å². The van der Waals surface area contributed by atoms with Gasteiger partial charge in [0.25, 0.3) is 0 Å². The number of carbonyl (C=O) groups excluding carboxylic acids is 1. The third kappa shape index (κ3) is 3.58. The SMILES string of the molecule is COCC1CN(C(=O)Cc2ccccn2)Cc2ncn(CC3CC3)c21. The first-order chi connectivity index (χ1) is 12.2. The molecule has 0 aromatic carbocycles. The lowest BCUT2D eigenvalue weighted by molar-refractivity contribution is -0.132. The minimum Gasteiger partial charge on any atom is -0.384 e. The zero-order valence-corrected chi connectivity index (χ0v) is 14.6. The van der Waals surface area contributed by atoms with Crippen LogP contribution in [0, 0.1) is 5.92 Å². The minimum atomic E-state index is 0.0993. The number of ether oxygens (including phenoxy) is 1. The number of hydrogen-bond acceptors (Lipinski definition) is 4. The van der Waals surface area contributed by atoms with Gasteiger partial charge in [-0.3, -0.25) is 9.78 Å². The van der Waals surface area contributed by atoms with Gasteiger partial charge >= 0.3 is 0 Å². The monoisotopic (exact) mass is 340 g/mol. The Morgan fingerprint density at radius 2 is 2.20 bits per heavy atom. The highest BCUT2D eigenvalue weighted by atomic mass is 16.5. The van der Waals surface area contributed by atoms with Crippen molar-refractivity contribution in [3.05, 3.63) is 47.8 Å². The summed E-state index contributed by atoms with van der Waals surface area (Å²) in [6.07, 6.45) is 6.63. The number of fused-ring (bicyclic) bond motifs is 1. The van der Waals surface area contributed by atoms with E-state index in [2.05, 4.69) is 14.5 Å². The van der Waals surface area contributed by atoms with Crippen LogP contribution in [-0.4, -0.2) is 45.6 Å². The number of imidazole rings is 1. The number of nitrogens with zero attached hydrogens (tertiary/aromatic N) is 4. The quantitative estimate of drug-likeness (QED) is 0.807. The van der Waals surface area contributed by atoms with Crippen molar-refractivity contribution in [1.82, 2.24) is 19.4 Å². The lowest BCUT2D eigenvalue weighted by Crippen LogP contribution is -2.41. The molecule has 1 fully saturated rings. The van der Waals surface area contributed by atoms with Gasteiger partial charge in [0.2, 0.25) is 5.91 Å². The molecule has 25 heavy (non-hydrogen) atoms. The lowest BCUT2D eigenvalue weighted by Gasteiger charge is -2.33. The predicted octanol–water partition coefficient (Wildman–Crippen LogP) is 2.00. The van der Waals surface area contributed by atoms with Gasteiger partial charge in [0.1, 0.15) is 0 Å². The molecule has 1 aliphatic heterocycles. The van der Waals surface area contributed by atoms with E-state index in [-0.39, 0.29) is 11.8 Å². The molecular formula is C19H24N4O2. The maximum Gasteiger partial charge on any atom is 0.228 e. The Hall–Kier alpha value is -2.21. The number of rotatable bonds is 6. The Balaban J connectivity index is 1.52. The summed E-state index contributed by atoms with van der Waals surface area (Å²) < 4.78 is 7.73. The molecule has 0 spiro atoms. The lowest BCUT2D eigenvalue weighted by atomic mass is 9.98. The zero-order chi connectivity index (χ0) is 17.2. The summed E-state index contributed by atoms with van der Waals surface area (Å²) in [7, 11) is 1.72. The average Bonchev–Trinajstić information content (AvgIpc) is 3.34. The third-order valence-corrected chi connectivity index (χ3v) is 5.06. The molecule has 0 bridgehead atoms. The molecule has 6 nitrogen and oxygen atoms in total. The van der Waals surface area contributed by atoms with Crippen molar-refractivity contribution in [1.29, 1.82) is 0 Å². The van der Waals surface area contributed by atoms with E-state index >= 15 is 0 Å². The Morgan fingerprint density at radius 3 is 2.92 bits per heavy atom. The molecule has 0 saturated heterocycles. The molecule has 2 aliphatic rings. The molecular weight excluding hydrogens is 316 g/mol. The van der Waals surface area contributed by atoms with E-state index in [4.69, 9.17) is 4.74 Å². The number of amides is 1. The first kappa shape index (κ1) is 16.3. The van der Waals surface area contributed by atoms with Gasteiger partial charge in [0.15, 0.2) is 0 Å². The summed E-state index contributed by atoms with van der Waals surface area (Å²) in [6.45, 7) is 2.92. The van der Waals surface area contributed by atoms with Gasteiger partial charge in [-0.15, -0.1) is 0 Å². The normalized spacial score (nSPS) is 19.7. The van der Waals surface area contributed by atoms with Crippen LogP contribution >= 0.6 is 0 Å². The van der Waals surface area contributed by atoms with E-state index in [1.165, 1.54) is 18.5 Å². The van der Waals surface area contributed by atoms with Crippen molar-refractivity contribution < 1.29 is 9.53 Å². The number of pyridine rings is 1. The Labute approximate surface area is 147 Å². The fourth-order valence-corrected chi connectivity index (χ4v) is 3.64. The Morgan fingerprint density at radius 1 is 1.32 bits per heavy atom. The molecule has 1 aliphatic carbocycles. The highest BCUT2D eigenvalue weighted by Gasteiger charge is 2.33. The fourth-order valence-electron chi connectivity index (χ4n) is 3.64. The predicted molar refractivity (Wildman–Crippen MR) is 92.9 cm³/mol. The molecule has 0 N–H and O–H groups in total. The zero-order valence-electron chi connectivity index (χ0n) is 14.6. The van der Waals surface area contributed by atoms with Crippen molar-refractivity contribution in [2.24, 2.45) is 5.92 Å². The summed E-state index contributed by atoms with van der Waals surface area (Å²) in [5.74, 6) is 1.08. The second kappa shape index (κ2) is 6.96. The highest BCUT2D eigenvalue weighted by molar-refractivity contribution is 5.78. The molecule has 1 amide bonds. The molecule has 2 aromatic rings. The van der Waals surface area contributed by atoms with Gasteiger partial charge in [0.05, 0.1) is 31.6 Å². The van der Waals surface area contributed by atoms with Crippen LogP contribution < -0.4 is 0 Å². The van der Waals surface area contributed by atoms with Gasteiger partial charge in [-0.2, -0.15) is 0 Å². The molecule has 2 aromatic heterocycles. The van der Waals surface area contributed by atoms with Crippen molar-refractivity contribution in [2.75, 3.05) is 20.3 Å². The van der Waals surface area contributed by atoms with Gasteiger partial charge in [-0.1, -0.05) is 6.07 Å². The number of hydrogen-bond donors (Lipinski definition) is 0. The summed E-state index contributed by atoms with van der Waals surface area (Å²) in [5, 5.41) is 0. The maximum absolute atomic E-state index is 12.7. The first-order valence-corrected chi connectivity index (χ1v) is 8.95. The van der Waals surface area contributed by atoms with E-state index in [0.717, 1.165) is 23.9 Å².